The van der Waals surface area contributed by atoms with Gasteiger partial charge in [-0.05, 0) is 57.9 Å². The Kier molecular flexibility index (Phi) is 17.5. The van der Waals surface area contributed by atoms with E-state index in [0.29, 0.717) is 0 Å². The van der Waals surface area contributed by atoms with Gasteiger partial charge >= 0.3 is 5.97 Å². The summed E-state index contributed by atoms with van der Waals surface area (Å²) in [5.74, 6) is -0.693. The topological polar surface area (TPSA) is 40.5 Å². The smallest absolute Gasteiger partial charge is 0.303 e. The first-order chi connectivity index (χ1) is 12.2. The van der Waals surface area contributed by atoms with Crippen LogP contribution in [0.4, 0.5) is 0 Å². The molecular formula is C22H37NO2. The molecule has 1 N–H and O–H groups in total. The number of rotatable bonds is 18. The van der Waals surface area contributed by atoms with Crippen LogP contribution in [0.3, 0.4) is 0 Å². The molecule has 0 aliphatic heterocycles. The number of hydrogen-bond acceptors (Lipinski definition) is 2. The quantitative estimate of drug-likeness (QED) is 0.253. The highest BCUT2D eigenvalue weighted by atomic mass is 16.4. The number of unbranched alkanes of at least 4 members (excludes halogenated alkanes) is 6. The number of carbonyl (C=O) groups is 1. The second-order valence-corrected chi connectivity index (χ2v) is 6.35. The lowest BCUT2D eigenvalue weighted by molar-refractivity contribution is -0.137. The average Bonchev–Trinajstić information content (AvgIpc) is 2.59. The zero-order chi connectivity index (χ0) is 18.6. The maximum Gasteiger partial charge on any atom is 0.303 e. The van der Waals surface area contributed by atoms with Crippen molar-refractivity contribution < 1.29 is 9.90 Å². The van der Waals surface area contributed by atoms with Gasteiger partial charge in [-0.15, -0.1) is 13.2 Å². The SMILES string of the molecule is C=CCCCC=CCN(CC=CCCCC=C)CCCCCC(=O)O. The fourth-order valence-electron chi connectivity index (χ4n) is 2.49. The first-order valence-corrected chi connectivity index (χ1v) is 9.66. The fourth-order valence-corrected chi connectivity index (χ4v) is 2.49. The lowest BCUT2D eigenvalue weighted by atomic mass is 10.2. The number of carboxylic acid groups (broad SMARTS) is 1. The van der Waals surface area contributed by atoms with E-state index < -0.39 is 5.97 Å². The summed E-state index contributed by atoms with van der Waals surface area (Å²) in [6.07, 6.45) is 22.8. The second-order valence-electron chi connectivity index (χ2n) is 6.35. The highest BCUT2D eigenvalue weighted by molar-refractivity contribution is 5.66. The number of allylic oxidation sites excluding steroid dienone is 4. The third kappa shape index (κ3) is 18.6. The van der Waals surface area contributed by atoms with Crippen LogP contribution in [0.1, 0.15) is 64.2 Å². The lowest BCUT2D eigenvalue weighted by Gasteiger charge is -2.18. The zero-order valence-electron chi connectivity index (χ0n) is 15.9. The van der Waals surface area contributed by atoms with Gasteiger partial charge in [-0.25, -0.2) is 0 Å². The van der Waals surface area contributed by atoms with Gasteiger partial charge in [0.25, 0.3) is 0 Å². The summed E-state index contributed by atoms with van der Waals surface area (Å²) in [5.41, 5.74) is 0. The van der Waals surface area contributed by atoms with Crippen molar-refractivity contribution in [3.63, 3.8) is 0 Å². The molecule has 0 amide bonds. The number of carboxylic acids is 1. The van der Waals surface area contributed by atoms with Gasteiger partial charge in [-0.2, -0.15) is 0 Å². The van der Waals surface area contributed by atoms with Gasteiger partial charge in [-0.1, -0.05) is 42.9 Å². The molecule has 0 unspecified atom stereocenters. The van der Waals surface area contributed by atoms with Crippen molar-refractivity contribution in [2.24, 2.45) is 0 Å². The molecule has 3 heteroatoms. The summed E-state index contributed by atoms with van der Waals surface area (Å²) in [5, 5.41) is 8.69. The van der Waals surface area contributed by atoms with Crippen LogP contribution in [0, 0.1) is 0 Å². The zero-order valence-corrected chi connectivity index (χ0v) is 15.9. The van der Waals surface area contributed by atoms with Crippen LogP contribution in [0.5, 0.6) is 0 Å². The average molecular weight is 348 g/mol. The molecule has 0 spiro atoms. The van der Waals surface area contributed by atoms with E-state index in [1.165, 1.54) is 12.8 Å². The summed E-state index contributed by atoms with van der Waals surface area (Å²) in [7, 11) is 0. The Morgan fingerprint density at radius 2 is 1.32 bits per heavy atom. The Morgan fingerprint density at radius 3 is 1.80 bits per heavy atom. The molecule has 0 saturated heterocycles. The predicted octanol–water partition coefficient (Wildman–Crippen LogP) is 5.76. The van der Waals surface area contributed by atoms with E-state index in [2.05, 4.69) is 42.4 Å². The molecular weight excluding hydrogens is 310 g/mol. The van der Waals surface area contributed by atoms with E-state index in [4.69, 9.17) is 5.11 Å². The van der Waals surface area contributed by atoms with Crippen LogP contribution in [-0.4, -0.2) is 35.6 Å². The van der Waals surface area contributed by atoms with Crippen molar-refractivity contribution in [3.05, 3.63) is 49.6 Å². The molecule has 0 heterocycles. The van der Waals surface area contributed by atoms with Crippen molar-refractivity contribution in [3.8, 4) is 0 Å². The van der Waals surface area contributed by atoms with Crippen LogP contribution >= 0.6 is 0 Å². The monoisotopic (exact) mass is 347 g/mol. The van der Waals surface area contributed by atoms with Crippen molar-refractivity contribution in [1.82, 2.24) is 4.90 Å². The van der Waals surface area contributed by atoms with E-state index in [1.807, 2.05) is 12.2 Å². The molecule has 0 aromatic carbocycles. The summed E-state index contributed by atoms with van der Waals surface area (Å²) in [6, 6.07) is 0. The molecule has 0 saturated carbocycles. The Morgan fingerprint density at radius 1 is 0.760 bits per heavy atom. The molecule has 142 valence electrons. The second kappa shape index (κ2) is 18.7. The Balaban J connectivity index is 4.08. The molecule has 0 aromatic heterocycles. The minimum absolute atomic E-state index is 0.284. The van der Waals surface area contributed by atoms with Gasteiger partial charge in [0.1, 0.15) is 0 Å². The Hall–Kier alpha value is -1.61. The van der Waals surface area contributed by atoms with Crippen LogP contribution in [0.25, 0.3) is 0 Å². The van der Waals surface area contributed by atoms with Gasteiger partial charge in [0.15, 0.2) is 0 Å². The van der Waals surface area contributed by atoms with Gasteiger partial charge < -0.3 is 5.11 Å². The minimum Gasteiger partial charge on any atom is -0.481 e. The molecule has 3 nitrogen and oxygen atoms in total. The highest BCUT2D eigenvalue weighted by Crippen LogP contribution is 2.04. The van der Waals surface area contributed by atoms with E-state index in [1.54, 1.807) is 0 Å². The van der Waals surface area contributed by atoms with Crippen LogP contribution < -0.4 is 0 Å². The summed E-state index contributed by atoms with van der Waals surface area (Å²) < 4.78 is 0. The van der Waals surface area contributed by atoms with Gasteiger partial charge in [-0.3, -0.25) is 9.69 Å². The molecule has 25 heavy (non-hydrogen) atoms. The van der Waals surface area contributed by atoms with Crippen molar-refractivity contribution in [2.45, 2.75) is 64.2 Å². The molecule has 0 aliphatic rings. The summed E-state index contributed by atoms with van der Waals surface area (Å²) in [6.45, 7) is 10.4. The Bertz CT molecular complexity index is 373. The first kappa shape index (κ1) is 23.4. The minimum atomic E-state index is -0.693. The first-order valence-electron chi connectivity index (χ1n) is 9.66. The molecule has 0 aliphatic carbocycles. The predicted molar refractivity (Wildman–Crippen MR) is 109 cm³/mol. The molecule has 0 fully saturated rings. The highest BCUT2D eigenvalue weighted by Gasteiger charge is 2.02. The van der Waals surface area contributed by atoms with Crippen molar-refractivity contribution in [2.75, 3.05) is 19.6 Å². The van der Waals surface area contributed by atoms with Crippen LogP contribution in [-0.2, 0) is 4.79 Å². The van der Waals surface area contributed by atoms with E-state index >= 15 is 0 Å². The Labute approximate surface area is 154 Å². The van der Waals surface area contributed by atoms with Crippen LogP contribution in [0.15, 0.2) is 49.6 Å². The third-order valence-corrected chi connectivity index (χ3v) is 3.98. The maximum absolute atomic E-state index is 10.6. The van der Waals surface area contributed by atoms with E-state index in [0.717, 1.165) is 64.6 Å². The summed E-state index contributed by atoms with van der Waals surface area (Å²) in [4.78, 5) is 13.0. The number of aliphatic carboxylic acids is 1. The van der Waals surface area contributed by atoms with Crippen LogP contribution in [0.2, 0.25) is 0 Å². The molecule has 0 rings (SSSR count). The van der Waals surface area contributed by atoms with Gasteiger partial charge in [0.05, 0.1) is 0 Å². The van der Waals surface area contributed by atoms with Crippen molar-refractivity contribution >= 4 is 5.97 Å². The normalized spacial score (nSPS) is 11.6. The largest absolute Gasteiger partial charge is 0.481 e. The third-order valence-electron chi connectivity index (χ3n) is 3.98. The fraction of sp³-hybridized carbons (Fsp3) is 0.591. The van der Waals surface area contributed by atoms with E-state index in [-0.39, 0.29) is 6.42 Å². The van der Waals surface area contributed by atoms with Crippen molar-refractivity contribution in [1.29, 1.82) is 0 Å². The molecule has 0 radical (unpaired) electrons. The van der Waals surface area contributed by atoms with Gasteiger partial charge in [0, 0.05) is 19.5 Å². The lowest BCUT2D eigenvalue weighted by Crippen LogP contribution is -2.25. The maximum atomic E-state index is 10.6. The number of hydrogen-bond donors (Lipinski definition) is 1. The standard InChI is InChI=1S/C22H37NO2/c1-3-5-7-9-11-15-19-23(20-16-12-10-8-6-4-2)21-17-13-14-18-22(24)25/h3-4,11-12,15-16H,1-2,5-10,13-14,17-21H2,(H,24,25). The van der Waals surface area contributed by atoms with E-state index in [9.17, 15) is 4.79 Å². The van der Waals surface area contributed by atoms with Gasteiger partial charge in [0.2, 0.25) is 0 Å². The molecule has 0 aromatic rings. The molecule has 0 bridgehead atoms. The molecule has 0 atom stereocenters. The number of nitrogens with zero attached hydrogens (tertiary/aromatic N) is 1. The summed E-state index contributed by atoms with van der Waals surface area (Å²) >= 11 is 0.